The molecule has 0 aliphatic rings. The van der Waals surface area contributed by atoms with Crippen molar-refractivity contribution < 1.29 is 27.6 Å². The van der Waals surface area contributed by atoms with Gasteiger partial charge in [-0.2, -0.15) is 13.2 Å². The average molecular weight is 249 g/mol. The van der Waals surface area contributed by atoms with Crippen molar-refractivity contribution in [2.45, 2.75) is 13.5 Å². The molecule has 1 aromatic carbocycles. The number of nitro groups is 1. The Hall–Kier alpha value is -2.12. The summed E-state index contributed by atoms with van der Waals surface area (Å²) in [5, 5.41) is 10.5. The number of hydrogen-bond acceptors (Lipinski definition) is 4. The maximum absolute atomic E-state index is 13.3. The zero-order valence-corrected chi connectivity index (χ0v) is 8.45. The number of alkyl halides is 2. The number of halogens is 3. The van der Waals surface area contributed by atoms with Gasteiger partial charge in [0.05, 0.1) is 4.92 Å². The minimum atomic E-state index is -3.35. The Morgan fingerprint density at radius 2 is 2.06 bits per heavy atom. The van der Waals surface area contributed by atoms with E-state index in [-0.39, 0.29) is 5.56 Å². The molecule has 92 valence electrons. The average Bonchev–Trinajstić information content (AvgIpc) is 2.14. The third kappa shape index (κ3) is 2.92. The van der Waals surface area contributed by atoms with Crippen LogP contribution in [0.15, 0.2) is 12.1 Å². The van der Waals surface area contributed by atoms with Gasteiger partial charge in [-0.15, -0.1) is 0 Å². The van der Waals surface area contributed by atoms with E-state index in [0.29, 0.717) is 12.1 Å². The molecule has 0 aliphatic carbocycles. The fraction of sp³-hybridized carbons (Fsp3) is 0.222. The first kappa shape index (κ1) is 12.9. The molecule has 0 saturated carbocycles. The van der Waals surface area contributed by atoms with Crippen LogP contribution in [-0.4, -0.2) is 17.3 Å². The third-order valence-corrected chi connectivity index (χ3v) is 1.83. The molecule has 1 aromatic rings. The van der Waals surface area contributed by atoms with Crippen molar-refractivity contribution in [2.24, 2.45) is 0 Å². The summed E-state index contributed by atoms with van der Waals surface area (Å²) in [6.07, 6.45) is 0. The van der Waals surface area contributed by atoms with Gasteiger partial charge in [0.15, 0.2) is 5.78 Å². The summed E-state index contributed by atoms with van der Waals surface area (Å²) < 4.78 is 41.0. The Morgan fingerprint density at radius 1 is 1.47 bits per heavy atom. The Balaban J connectivity index is 3.39. The summed E-state index contributed by atoms with van der Waals surface area (Å²) in [5.74, 6) is -3.01. The lowest BCUT2D eigenvalue weighted by atomic mass is 10.1. The van der Waals surface area contributed by atoms with Gasteiger partial charge in [-0.05, 0) is 19.1 Å². The van der Waals surface area contributed by atoms with Gasteiger partial charge in [0.25, 0.3) is 0 Å². The standard InChI is InChI=1S/C9H6F3NO4/c1-4(14)5-2-6(10)8(13(15)16)7(3-5)17-9(11)12/h2-3,9H,1H3. The van der Waals surface area contributed by atoms with Crippen LogP contribution in [0.25, 0.3) is 0 Å². The van der Waals surface area contributed by atoms with Crippen LogP contribution in [0.2, 0.25) is 0 Å². The molecule has 1 rings (SSSR count). The zero-order chi connectivity index (χ0) is 13.2. The number of nitro benzene ring substituents is 1. The second-order valence-corrected chi connectivity index (χ2v) is 3.00. The summed E-state index contributed by atoms with van der Waals surface area (Å²) >= 11 is 0. The van der Waals surface area contributed by atoms with Crippen molar-refractivity contribution in [1.82, 2.24) is 0 Å². The number of carbonyl (C=O) groups is 1. The number of ketones is 1. The lowest BCUT2D eigenvalue weighted by Gasteiger charge is -2.07. The Kier molecular flexibility index (Phi) is 3.66. The van der Waals surface area contributed by atoms with E-state index >= 15 is 0 Å². The molecule has 0 amide bonds. The molecule has 0 N–H and O–H groups in total. The molecule has 0 fully saturated rings. The summed E-state index contributed by atoms with van der Waals surface area (Å²) in [6, 6.07) is 1.30. The summed E-state index contributed by atoms with van der Waals surface area (Å²) in [5.41, 5.74) is -1.51. The number of nitrogens with zero attached hydrogens (tertiary/aromatic N) is 1. The van der Waals surface area contributed by atoms with Crippen LogP contribution in [0.4, 0.5) is 18.9 Å². The normalized spacial score (nSPS) is 10.4. The number of Topliss-reactive ketones (excluding diaryl/α,β-unsaturated/α-hetero) is 1. The molecular weight excluding hydrogens is 243 g/mol. The lowest BCUT2D eigenvalue weighted by Crippen LogP contribution is -2.07. The largest absolute Gasteiger partial charge is 0.427 e. The SMILES string of the molecule is CC(=O)c1cc(F)c([N+](=O)[O-])c(OC(F)F)c1. The van der Waals surface area contributed by atoms with Gasteiger partial charge >= 0.3 is 12.3 Å². The highest BCUT2D eigenvalue weighted by Crippen LogP contribution is 2.32. The first-order valence-corrected chi connectivity index (χ1v) is 4.26. The second kappa shape index (κ2) is 4.81. The van der Waals surface area contributed by atoms with E-state index < -0.39 is 34.6 Å². The van der Waals surface area contributed by atoms with Crippen molar-refractivity contribution in [3.8, 4) is 5.75 Å². The third-order valence-electron chi connectivity index (χ3n) is 1.83. The van der Waals surface area contributed by atoms with E-state index in [1.165, 1.54) is 0 Å². The smallest absolute Gasteiger partial charge is 0.387 e. The highest BCUT2D eigenvalue weighted by molar-refractivity contribution is 5.95. The van der Waals surface area contributed by atoms with E-state index in [1.54, 1.807) is 0 Å². The quantitative estimate of drug-likeness (QED) is 0.467. The summed E-state index contributed by atoms with van der Waals surface area (Å²) in [4.78, 5) is 20.2. The van der Waals surface area contributed by atoms with Crippen LogP contribution in [0.5, 0.6) is 5.75 Å². The second-order valence-electron chi connectivity index (χ2n) is 3.00. The van der Waals surface area contributed by atoms with Crippen LogP contribution in [0.1, 0.15) is 17.3 Å². The molecule has 0 aliphatic heterocycles. The van der Waals surface area contributed by atoms with Gasteiger partial charge in [-0.3, -0.25) is 14.9 Å². The lowest BCUT2D eigenvalue weighted by molar-refractivity contribution is -0.389. The first-order valence-electron chi connectivity index (χ1n) is 4.26. The van der Waals surface area contributed by atoms with E-state index in [4.69, 9.17) is 0 Å². The molecule has 0 heterocycles. The fourth-order valence-corrected chi connectivity index (χ4v) is 1.14. The maximum Gasteiger partial charge on any atom is 0.387 e. The monoisotopic (exact) mass is 249 g/mol. The van der Waals surface area contributed by atoms with Crippen molar-refractivity contribution in [1.29, 1.82) is 0 Å². The van der Waals surface area contributed by atoms with Gasteiger partial charge < -0.3 is 4.74 Å². The van der Waals surface area contributed by atoms with E-state index in [9.17, 15) is 28.1 Å². The van der Waals surface area contributed by atoms with Gasteiger partial charge in [0.1, 0.15) is 0 Å². The van der Waals surface area contributed by atoms with Crippen LogP contribution in [0, 0.1) is 15.9 Å². The fourth-order valence-electron chi connectivity index (χ4n) is 1.14. The predicted molar refractivity (Wildman–Crippen MR) is 49.7 cm³/mol. The number of rotatable bonds is 4. The van der Waals surface area contributed by atoms with Crippen LogP contribution < -0.4 is 4.74 Å². The predicted octanol–water partition coefficient (Wildman–Crippen LogP) is 2.54. The number of carbonyl (C=O) groups excluding carboxylic acids is 1. The molecule has 0 aromatic heterocycles. The first-order chi connectivity index (χ1) is 7.82. The molecule has 0 spiro atoms. The molecule has 0 saturated heterocycles. The van der Waals surface area contributed by atoms with E-state index in [0.717, 1.165) is 6.92 Å². The molecular formula is C9H6F3NO4. The summed E-state index contributed by atoms with van der Waals surface area (Å²) in [6.45, 7) is -2.29. The summed E-state index contributed by atoms with van der Waals surface area (Å²) in [7, 11) is 0. The Bertz CT molecular complexity index is 476. The van der Waals surface area contributed by atoms with Crippen molar-refractivity contribution >= 4 is 11.5 Å². The topological polar surface area (TPSA) is 69.4 Å². The molecule has 0 radical (unpaired) electrons. The molecule has 5 nitrogen and oxygen atoms in total. The van der Waals surface area contributed by atoms with Crippen LogP contribution in [0.3, 0.4) is 0 Å². The highest BCUT2D eigenvalue weighted by atomic mass is 19.3. The van der Waals surface area contributed by atoms with Crippen molar-refractivity contribution in [2.75, 3.05) is 0 Å². The zero-order valence-electron chi connectivity index (χ0n) is 8.45. The maximum atomic E-state index is 13.3. The molecule has 8 heteroatoms. The van der Waals surface area contributed by atoms with Crippen molar-refractivity contribution in [3.63, 3.8) is 0 Å². The minimum Gasteiger partial charge on any atom is -0.427 e. The van der Waals surface area contributed by atoms with Gasteiger partial charge in [-0.1, -0.05) is 0 Å². The van der Waals surface area contributed by atoms with Gasteiger partial charge in [0, 0.05) is 5.56 Å². The molecule has 0 unspecified atom stereocenters. The highest BCUT2D eigenvalue weighted by Gasteiger charge is 2.26. The van der Waals surface area contributed by atoms with E-state index in [1.807, 2.05) is 0 Å². The molecule has 0 atom stereocenters. The molecule has 0 bridgehead atoms. The van der Waals surface area contributed by atoms with Crippen LogP contribution in [-0.2, 0) is 0 Å². The minimum absolute atomic E-state index is 0.288. The van der Waals surface area contributed by atoms with Gasteiger partial charge in [-0.25, -0.2) is 0 Å². The Morgan fingerprint density at radius 3 is 2.47 bits per heavy atom. The molecule has 17 heavy (non-hydrogen) atoms. The van der Waals surface area contributed by atoms with Crippen LogP contribution >= 0.6 is 0 Å². The van der Waals surface area contributed by atoms with Gasteiger partial charge in [0.2, 0.25) is 11.6 Å². The number of hydrogen-bond donors (Lipinski definition) is 0. The Labute approximate surface area is 93.0 Å². The number of benzene rings is 1. The number of ether oxygens (including phenoxy) is 1. The van der Waals surface area contributed by atoms with E-state index in [2.05, 4.69) is 4.74 Å². The van der Waals surface area contributed by atoms with Crippen molar-refractivity contribution in [3.05, 3.63) is 33.6 Å².